The van der Waals surface area contributed by atoms with Gasteiger partial charge in [0.2, 0.25) is 5.88 Å². The third-order valence-electron chi connectivity index (χ3n) is 4.68. The first-order chi connectivity index (χ1) is 8.88. The van der Waals surface area contributed by atoms with Crippen LogP contribution >= 0.6 is 0 Å². The van der Waals surface area contributed by atoms with Crippen LogP contribution in [0.15, 0.2) is 9.59 Å². The quantitative estimate of drug-likeness (QED) is 0.749. The number of rotatable bonds is 0. The van der Waals surface area contributed by atoms with Crippen molar-refractivity contribution in [1.82, 2.24) is 9.97 Å². The highest BCUT2D eigenvalue weighted by Crippen LogP contribution is 2.50. The molecule has 104 valence electrons. The van der Waals surface area contributed by atoms with Gasteiger partial charge in [-0.25, -0.2) is 4.79 Å². The van der Waals surface area contributed by atoms with Crippen molar-refractivity contribution in [1.29, 1.82) is 0 Å². The second-order valence-corrected chi connectivity index (χ2v) is 6.49. The lowest BCUT2D eigenvalue weighted by molar-refractivity contribution is -0.0187. The minimum Gasteiger partial charge on any atom is -0.472 e. The lowest BCUT2D eigenvalue weighted by atomic mass is 9.65. The average molecular weight is 264 g/mol. The lowest BCUT2D eigenvalue weighted by Gasteiger charge is -2.47. The van der Waals surface area contributed by atoms with Crippen molar-refractivity contribution in [3.63, 3.8) is 0 Å². The molecule has 1 unspecified atom stereocenters. The number of hydrogen-bond donors (Lipinski definition) is 2. The SMILES string of the molecule is CC1CC[C@H]2[C@@H](C1)c1c([nH]c(=O)[nH]c1=O)OC2(C)C. The predicted molar refractivity (Wildman–Crippen MR) is 71.6 cm³/mol. The molecule has 1 saturated carbocycles. The van der Waals surface area contributed by atoms with Crippen LogP contribution in [-0.2, 0) is 0 Å². The molecule has 0 saturated heterocycles. The highest BCUT2D eigenvalue weighted by molar-refractivity contribution is 5.32. The van der Waals surface area contributed by atoms with Crippen LogP contribution in [-0.4, -0.2) is 15.6 Å². The average Bonchev–Trinajstić information content (AvgIpc) is 2.25. The molecule has 3 atom stereocenters. The molecule has 0 amide bonds. The Morgan fingerprint density at radius 3 is 2.68 bits per heavy atom. The fraction of sp³-hybridized carbons (Fsp3) is 0.714. The minimum absolute atomic E-state index is 0.183. The highest BCUT2D eigenvalue weighted by atomic mass is 16.5. The number of ether oxygens (including phenoxy) is 1. The van der Waals surface area contributed by atoms with E-state index in [4.69, 9.17) is 4.74 Å². The summed E-state index contributed by atoms with van der Waals surface area (Å²) in [4.78, 5) is 28.5. The Kier molecular flexibility index (Phi) is 2.62. The second kappa shape index (κ2) is 3.99. The van der Waals surface area contributed by atoms with E-state index in [1.54, 1.807) is 0 Å². The van der Waals surface area contributed by atoms with Crippen molar-refractivity contribution >= 4 is 0 Å². The predicted octanol–water partition coefficient (Wildman–Crippen LogP) is 1.75. The van der Waals surface area contributed by atoms with Crippen molar-refractivity contribution in [2.24, 2.45) is 11.8 Å². The van der Waals surface area contributed by atoms with Gasteiger partial charge in [0.25, 0.3) is 5.56 Å². The molecule has 2 N–H and O–H groups in total. The van der Waals surface area contributed by atoms with Crippen molar-refractivity contribution in [2.45, 2.75) is 51.6 Å². The first-order valence-electron chi connectivity index (χ1n) is 6.94. The first-order valence-corrected chi connectivity index (χ1v) is 6.94. The van der Waals surface area contributed by atoms with E-state index in [-0.39, 0.29) is 17.1 Å². The molecular weight excluding hydrogens is 244 g/mol. The van der Waals surface area contributed by atoms with Gasteiger partial charge in [0.05, 0.1) is 5.56 Å². The maximum Gasteiger partial charge on any atom is 0.328 e. The summed E-state index contributed by atoms with van der Waals surface area (Å²) in [6.07, 6.45) is 3.22. The minimum atomic E-state index is -0.498. The van der Waals surface area contributed by atoms with Gasteiger partial charge in [-0.3, -0.25) is 14.8 Å². The van der Waals surface area contributed by atoms with Gasteiger partial charge >= 0.3 is 5.69 Å². The fourth-order valence-electron chi connectivity index (χ4n) is 3.76. The van der Waals surface area contributed by atoms with Crippen LogP contribution < -0.4 is 16.0 Å². The summed E-state index contributed by atoms with van der Waals surface area (Å²) in [5.74, 6) is 1.50. The van der Waals surface area contributed by atoms with E-state index in [2.05, 4.69) is 16.9 Å². The molecule has 5 nitrogen and oxygen atoms in total. The van der Waals surface area contributed by atoms with Crippen LogP contribution in [0.5, 0.6) is 5.88 Å². The van der Waals surface area contributed by atoms with Crippen LogP contribution in [0.4, 0.5) is 0 Å². The Morgan fingerprint density at radius 1 is 1.21 bits per heavy atom. The maximum absolute atomic E-state index is 12.1. The monoisotopic (exact) mass is 264 g/mol. The molecule has 1 fully saturated rings. The zero-order chi connectivity index (χ0) is 13.8. The largest absolute Gasteiger partial charge is 0.472 e. The Hall–Kier alpha value is -1.52. The molecule has 2 aliphatic rings. The smallest absolute Gasteiger partial charge is 0.328 e. The molecule has 5 heteroatoms. The van der Waals surface area contributed by atoms with Crippen LogP contribution in [0.25, 0.3) is 0 Å². The van der Waals surface area contributed by atoms with Crippen molar-refractivity contribution < 1.29 is 4.74 Å². The molecule has 1 aromatic rings. The Morgan fingerprint density at radius 2 is 1.95 bits per heavy atom. The molecule has 1 aliphatic carbocycles. The van der Waals surface area contributed by atoms with Gasteiger partial charge < -0.3 is 4.74 Å². The van der Waals surface area contributed by atoms with Gasteiger partial charge in [-0.1, -0.05) is 13.3 Å². The summed E-state index contributed by atoms with van der Waals surface area (Å²) in [5, 5.41) is 0. The summed E-state index contributed by atoms with van der Waals surface area (Å²) in [7, 11) is 0. The molecule has 0 spiro atoms. The van der Waals surface area contributed by atoms with Crippen LogP contribution in [0.3, 0.4) is 0 Å². The van der Waals surface area contributed by atoms with Crippen molar-refractivity contribution in [3.05, 3.63) is 26.4 Å². The van der Waals surface area contributed by atoms with Gasteiger partial charge in [0.1, 0.15) is 5.60 Å². The number of nitrogens with one attached hydrogen (secondary N) is 2. The number of aromatic amines is 2. The van der Waals surface area contributed by atoms with Gasteiger partial charge in [0.15, 0.2) is 0 Å². The molecule has 3 rings (SSSR count). The van der Waals surface area contributed by atoms with E-state index in [1.807, 2.05) is 13.8 Å². The second-order valence-electron chi connectivity index (χ2n) is 6.49. The van der Waals surface area contributed by atoms with Crippen LogP contribution in [0, 0.1) is 11.8 Å². The van der Waals surface area contributed by atoms with E-state index in [1.165, 1.54) is 6.42 Å². The third kappa shape index (κ3) is 1.91. The van der Waals surface area contributed by atoms with Crippen LogP contribution in [0.1, 0.15) is 51.5 Å². The molecule has 2 heterocycles. The maximum atomic E-state index is 12.1. The normalized spacial score (nSPS) is 32.1. The summed E-state index contributed by atoms with van der Waals surface area (Å²) in [5.41, 5.74) is -0.496. The number of aromatic nitrogens is 2. The molecule has 1 aromatic heterocycles. The number of fused-ring (bicyclic) bond motifs is 3. The first kappa shape index (κ1) is 12.5. The zero-order valence-corrected chi connectivity index (χ0v) is 11.6. The van der Waals surface area contributed by atoms with Gasteiger partial charge in [-0.05, 0) is 32.6 Å². The Balaban J connectivity index is 2.18. The molecule has 0 radical (unpaired) electrons. The standard InChI is InChI=1S/C14H20N2O3/c1-7-4-5-9-8(6-7)10-11(17)15-13(18)16-12(10)19-14(9,2)3/h7-9H,4-6H2,1-3H3,(H2,15,16,17,18)/t7?,8-,9+/m1/s1. The Labute approximate surface area is 111 Å². The van der Waals surface area contributed by atoms with E-state index >= 15 is 0 Å². The van der Waals surface area contributed by atoms with Gasteiger partial charge in [-0.15, -0.1) is 0 Å². The lowest BCUT2D eigenvalue weighted by Crippen LogP contribution is -2.49. The Bertz CT molecular complexity index is 614. The van der Waals surface area contributed by atoms with Gasteiger partial charge in [0, 0.05) is 11.8 Å². The molecular formula is C14H20N2O3. The topological polar surface area (TPSA) is 75.0 Å². The fourth-order valence-corrected chi connectivity index (χ4v) is 3.76. The van der Waals surface area contributed by atoms with E-state index in [0.29, 0.717) is 23.3 Å². The van der Waals surface area contributed by atoms with E-state index < -0.39 is 5.69 Å². The van der Waals surface area contributed by atoms with Gasteiger partial charge in [-0.2, -0.15) is 0 Å². The summed E-state index contributed by atoms with van der Waals surface area (Å²) in [6.45, 7) is 6.31. The van der Waals surface area contributed by atoms with E-state index in [9.17, 15) is 9.59 Å². The number of hydrogen-bond acceptors (Lipinski definition) is 3. The van der Waals surface area contributed by atoms with Crippen LogP contribution in [0.2, 0.25) is 0 Å². The molecule has 0 aromatic carbocycles. The molecule has 19 heavy (non-hydrogen) atoms. The summed E-state index contributed by atoms with van der Waals surface area (Å²) in [6, 6.07) is 0. The summed E-state index contributed by atoms with van der Waals surface area (Å²) < 4.78 is 5.91. The molecule has 0 bridgehead atoms. The van der Waals surface area contributed by atoms with E-state index in [0.717, 1.165) is 12.8 Å². The summed E-state index contributed by atoms with van der Waals surface area (Å²) >= 11 is 0. The zero-order valence-electron chi connectivity index (χ0n) is 11.6. The van der Waals surface area contributed by atoms with Crippen molar-refractivity contribution in [2.75, 3.05) is 0 Å². The number of H-pyrrole nitrogens is 2. The highest BCUT2D eigenvalue weighted by Gasteiger charge is 2.47. The molecule has 1 aliphatic heterocycles. The van der Waals surface area contributed by atoms with Crippen molar-refractivity contribution in [3.8, 4) is 5.88 Å². The third-order valence-corrected chi connectivity index (χ3v) is 4.68.